The first-order valence-corrected chi connectivity index (χ1v) is 13.6. The van der Waals surface area contributed by atoms with Crippen LogP contribution in [0, 0.1) is 0 Å². The molecule has 0 saturated heterocycles. The SMILES string of the molecule is C=C/C(C)=C\C=C(/C)COCCC(N)N(C(=O)CN(C)NCc1ccccc1)[C@@H](Cc1ccccc1)C(=O)NC. The van der Waals surface area contributed by atoms with Crippen molar-refractivity contribution in [2.24, 2.45) is 5.73 Å². The number of rotatable bonds is 17. The van der Waals surface area contributed by atoms with Gasteiger partial charge in [0, 0.05) is 33.5 Å². The topological polar surface area (TPSA) is 99.9 Å². The summed E-state index contributed by atoms with van der Waals surface area (Å²) in [6.07, 6.45) is 5.78. The predicted molar refractivity (Wildman–Crippen MR) is 162 cm³/mol. The quantitative estimate of drug-likeness (QED) is 0.121. The lowest BCUT2D eigenvalue weighted by molar-refractivity contribution is -0.144. The van der Waals surface area contributed by atoms with E-state index >= 15 is 0 Å². The summed E-state index contributed by atoms with van der Waals surface area (Å²) in [7, 11) is 3.38. The third-order valence-electron chi connectivity index (χ3n) is 6.41. The second kappa shape index (κ2) is 17.9. The van der Waals surface area contributed by atoms with Gasteiger partial charge in [0.05, 0.1) is 25.9 Å². The first-order chi connectivity index (χ1) is 19.2. The number of amides is 2. The summed E-state index contributed by atoms with van der Waals surface area (Å²) in [5, 5.41) is 4.44. The third-order valence-corrected chi connectivity index (χ3v) is 6.41. The highest BCUT2D eigenvalue weighted by Gasteiger charge is 2.33. The van der Waals surface area contributed by atoms with E-state index in [4.69, 9.17) is 10.5 Å². The van der Waals surface area contributed by atoms with Gasteiger partial charge in [-0.1, -0.05) is 91.0 Å². The predicted octanol–water partition coefficient (Wildman–Crippen LogP) is 3.58. The molecular formula is C32H45N5O3. The molecule has 40 heavy (non-hydrogen) atoms. The van der Waals surface area contributed by atoms with Crippen molar-refractivity contribution < 1.29 is 14.3 Å². The summed E-state index contributed by atoms with van der Waals surface area (Å²) < 4.78 is 5.85. The molecule has 2 rings (SSSR count). The molecule has 1 unspecified atom stereocenters. The molecule has 0 spiro atoms. The van der Waals surface area contributed by atoms with E-state index in [1.165, 1.54) is 4.90 Å². The molecule has 2 amide bonds. The fourth-order valence-electron chi connectivity index (χ4n) is 4.04. The van der Waals surface area contributed by atoms with Crippen LogP contribution in [0.3, 0.4) is 0 Å². The van der Waals surface area contributed by atoms with E-state index < -0.39 is 12.2 Å². The highest BCUT2D eigenvalue weighted by Crippen LogP contribution is 2.14. The Kier molecular flexibility index (Phi) is 14.6. The van der Waals surface area contributed by atoms with Gasteiger partial charge in [0.1, 0.15) is 6.04 Å². The fourth-order valence-corrected chi connectivity index (χ4v) is 4.04. The van der Waals surface area contributed by atoms with Gasteiger partial charge < -0.3 is 20.7 Å². The standard InChI is InChI=1S/C32H45N5O3/c1-6-25(2)17-18-26(3)24-40-20-19-30(33)37(29(32(39)34-4)21-27-13-9-7-10-14-27)31(38)23-36(5)35-22-28-15-11-8-12-16-28/h6-18,29-30,35H,1,19-24,33H2,2-5H3,(H,34,39)/b25-17-,26-18+/t29-,30?/m0/s1. The third kappa shape index (κ3) is 11.7. The van der Waals surface area contributed by atoms with Crippen LogP contribution in [0.1, 0.15) is 31.4 Å². The maximum atomic E-state index is 13.7. The van der Waals surface area contributed by atoms with Gasteiger partial charge >= 0.3 is 0 Å². The van der Waals surface area contributed by atoms with Crippen LogP contribution >= 0.6 is 0 Å². The number of benzene rings is 2. The summed E-state index contributed by atoms with van der Waals surface area (Å²) in [6, 6.07) is 18.8. The molecule has 0 bridgehead atoms. The van der Waals surface area contributed by atoms with Crippen molar-refractivity contribution in [1.82, 2.24) is 20.7 Å². The fraction of sp³-hybridized carbons (Fsp3) is 0.375. The molecule has 216 valence electrons. The van der Waals surface area contributed by atoms with E-state index in [-0.39, 0.29) is 18.4 Å². The maximum Gasteiger partial charge on any atom is 0.242 e. The molecule has 8 nitrogen and oxygen atoms in total. The normalized spacial score (nSPS) is 13.6. The largest absolute Gasteiger partial charge is 0.377 e. The second-order valence-corrected chi connectivity index (χ2v) is 9.83. The number of nitrogens with one attached hydrogen (secondary N) is 2. The summed E-state index contributed by atoms with van der Waals surface area (Å²) >= 11 is 0. The van der Waals surface area contributed by atoms with Gasteiger partial charge in [-0.2, -0.15) is 0 Å². The smallest absolute Gasteiger partial charge is 0.242 e. The molecule has 0 aliphatic rings. The zero-order valence-corrected chi connectivity index (χ0v) is 24.3. The van der Waals surface area contributed by atoms with Gasteiger partial charge in [-0.3, -0.25) is 15.0 Å². The zero-order chi connectivity index (χ0) is 29.3. The molecule has 0 aliphatic heterocycles. The van der Waals surface area contributed by atoms with Gasteiger partial charge in [0.15, 0.2) is 0 Å². The van der Waals surface area contributed by atoms with Crippen LogP contribution in [0.15, 0.2) is 96.6 Å². The lowest BCUT2D eigenvalue weighted by Gasteiger charge is -2.36. The Morgan fingerprint density at radius 1 is 1.02 bits per heavy atom. The number of nitrogens with zero attached hydrogens (tertiary/aromatic N) is 2. The first-order valence-electron chi connectivity index (χ1n) is 13.6. The molecule has 0 heterocycles. The highest BCUT2D eigenvalue weighted by atomic mass is 16.5. The number of nitrogens with two attached hydrogens (primary N) is 1. The number of ether oxygens (including phenoxy) is 1. The number of likely N-dealkylation sites (N-methyl/N-ethyl adjacent to an activating group) is 2. The minimum atomic E-state index is -0.772. The van der Waals surface area contributed by atoms with Crippen LogP contribution in [0.4, 0.5) is 0 Å². The number of carbonyl (C=O) groups excluding carboxylic acids is 2. The monoisotopic (exact) mass is 547 g/mol. The lowest BCUT2D eigenvalue weighted by atomic mass is 10.0. The Labute approximate surface area is 239 Å². The Balaban J connectivity index is 2.14. The lowest BCUT2D eigenvalue weighted by Crippen LogP contribution is -2.59. The minimum absolute atomic E-state index is 0.0422. The van der Waals surface area contributed by atoms with Crippen LogP contribution in [0.2, 0.25) is 0 Å². The molecule has 2 aromatic carbocycles. The van der Waals surface area contributed by atoms with Crippen molar-refractivity contribution in [3.63, 3.8) is 0 Å². The van der Waals surface area contributed by atoms with Crippen molar-refractivity contribution in [1.29, 1.82) is 0 Å². The van der Waals surface area contributed by atoms with E-state index in [0.717, 1.165) is 22.3 Å². The van der Waals surface area contributed by atoms with Crippen LogP contribution < -0.4 is 16.5 Å². The molecule has 0 radical (unpaired) electrons. The van der Waals surface area contributed by atoms with Crippen molar-refractivity contribution in [2.45, 2.75) is 45.4 Å². The molecule has 0 aromatic heterocycles. The average molecular weight is 548 g/mol. The number of hydrazine groups is 1. The zero-order valence-electron chi connectivity index (χ0n) is 24.3. The van der Waals surface area contributed by atoms with Gasteiger partial charge in [-0.05, 0) is 30.5 Å². The van der Waals surface area contributed by atoms with Crippen LogP contribution in [-0.4, -0.2) is 67.8 Å². The van der Waals surface area contributed by atoms with E-state index in [9.17, 15) is 9.59 Å². The van der Waals surface area contributed by atoms with Crippen molar-refractivity contribution in [2.75, 3.05) is 33.9 Å². The summed E-state index contributed by atoms with van der Waals surface area (Å²) in [5.41, 5.74) is 14.0. The van der Waals surface area contributed by atoms with Crippen molar-refractivity contribution >= 4 is 11.8 Å². The molecule has 0 aliphatic carbocycles. The second-order valence-electron chi connectivity index (χ2n) is 9.83. The Hall–Kier alpha value is -3.56. The van der Waals surface area contributed by atoms with E-state index in [1.807, 2.05) is 86.7 Å². The van der Waals surface area contributed by atoms with Crippen molar-refractivity contribution in [3.05, 3.63) is 108 Å². The van der Waals surface area contributed by atoms with E-state index in [0.29, 0.717) is 32.6 Å². The van der Waals surface area contributed by atoms with E-state index in [1.54, 1.807) is 25.2 Å². The first kappa shape index (κ1) is 32.7. The number of hydrogen-bond acceptors (Lipinski definition) is 6. The van der Waals surface area contributed by atoms with Crippen LogP contribution in [0.25, 0.3) is 0 Å². The summed E-state index contributed by atoms with van der Waals surface area (Å²) in [5.74, 6) is -0.516. The molecule has 4 N–H and O–H groups in total. The molecule has 8 heteroatoms. The summed E-state index contributed by atoms with van der Waals surface area (Å²) in [4.78, 5) is 28.3. The Morgan fingerprint density at radius 2 is 1.65 bits per heavy atom. The average Bonchev–Trinajstić information content (AvgIpc) is 2.97. The number of allylic oxidation sites excluding steroid dienone is 4. The highest BCUT2D eigenvalue weighted by molar-refractivity contribution is 5.88. The van der Waals surface area contributed by atoms with Crippen LogP contribution in [-0.2, 0) is 27.3 Å². The number of carbonyl (C=O) groups is 2. The van der Waals surface area contributed by atoms with Crippen molar-refractivity contribution in [3.8, 4) is 0 Å². The minimum Gasteiger partial charge on any atom is -0.377 e. The molecular weight excluding hydrogens is 502 g/mol. The molecule has 2 atom stereocenters. The van der Waals surface area contributed by atoms with Gasteiger partial charge in [0.25, 0.3) is 0 Å². The Bertz CT molecular complexity index is 1120. The van der Waals surface area contributed by atoms with Gasteiger partial charge in [-0.25, -0.2) is 5.01 Å². The molecule has 0 fully saturated rings. The van der Waals surface area contributed by atoms with Crippen LogP contribution in [0.5, 0.6) is 0 Å². The summed E-state index contributed by atoms with van der Waals surface area (Å²) in [6.45, 7) is 9.12. The van der Waals surface area contributed by atoms with Gasteiger partial charge in [-0.15, -0.1) is 0 Å². The van der Waals surface area contributed by atoms with Gasteiger partial charge in [0.2, 0.25) is 11.8 Å². The maximum absolute atomic E-state index is 13.7. The molecule has 2 aromatic rings. The molecule has 0 saturated carbocycles. The number of hydrogen-bond donors (Lipinski definition) is 3. The van der Waals surface area contributed by atoms with E-state index in [2.05, 4.69) is 17.3 Å². The Morgan fingerprint density at radius 3 is 2.25 bits per heavy atom.